The first kappa shape index (κ1) is 72.4. The number of amides is 1. The number of hydrogen-bond donors (Lipinski definition) is 1. The molecule has 10 heteroatoms. The SMILES string of the molecule is CC\C=C/C=C/C=C/C=C\C=C\C=C\CCCCCC(=O)NC(COP(=O)([O-])OCC[N+](C)(C)C)C(/C=C/CCCCCCCCCCCC)OC(=O)CCCCCCCCCC/C=C\C/C=C\C/C=C\CCCCC. The molecule has 1 amide bonds. The summed E-state index contributed by atoms with van der Waals surface area (Å²) in [6.07, 6.45) is 75.9. The Hall–Kier alpha value is -3.59. The first-order chi connectivity index (χ1) is 36.9. The largest absolute Gasteiger partial charge is 0.756 e. The van der Waals surface area contributed by atoms with Crippen LogP contribution in [0.25, 0.3) is 0 Å². The molecule has 3 atom stereocenters. The molecule has 0 aliphatic carbocycles. The minimum atomic E-state index is -4.72. The molecule has 0 fully saturated rings. The fourth-order valence-electron chi connectivity index (χ4n) is 8.09. The van der Waals surface area contributed by atoms with Crippen molar-refractivity contribution in [2.24, 2.45) is 0 Å². The summed E-state index contributed by atoms with van der Waals surface area (Å²) in [4.78, 5) is 40.0. The summed E-state index contributed by atoms with van der Waals surface area (Å²) in [5, 5.41) is 2.99. The van der Waals surface area contributed by atoms with Crippen molar-refractivity contribution in [3.63, 3.8) is 0 Å². The van der Waals surface area contributed by atoms with Crippen molar-refractivity contribution in [1.29, 1.82) is 0 Å². The van der Waals surface area contributed by atoms with Gasteiger partial charge < -0.3 is 28.5 Å². The van der Waals surface area contributed by atoms with Crippen LogP contribution in [0.4, 0.5) is 0 Å². The van der Waals surface area contributed by atoms with Gasteiger partial charge in [-0.05, 0) is 89.5 Å². The summed E-state index contributed by atoms with van der Waals surface area (Å²) in [7, 11) is 1.13. The molecule has 9 nitrogen and oxygen atoms in total. The van der Waals surface area contributed by atoms with Gasteiger partial charge in [0.25, 0.3) is 7.82 Å². The fraction of sp³-hybridized carbons (Fsp3) is 0.667. The Morgan fingerprint density at radius 1 is 0.487 bits per heavy atom. The topological polar surface area (TPSA) is 114 Å². The number of likely N-dealkylation sites (N-methyl/N-ethyl adjacent to an activating group) is 1. The van der Waals surface area contributed by atoms with Gasteiger partial charge in [0.1, 0.15) is 19.3 Å². The first-order valence-corrected chi connectivity index (χ1v) is 31.9. The summed E-state index contributed by atoms with van der Waals surface area (Å²) in [5.41, 5.74) is 0. The lowest BCUT2D eigenvalue weighted by molar-refractivity contribution is -0.870. The number of quaternary nitrogens is 1. The summed E-state index contributed by atoms with van der Waals surface area (Å²) in [5.74, 6) is -0.609. The van der Waals surface area contributed by atoms with Crippen molar-refractivity contribution < 1.29 is 37.3 Å². The molecule has 0 saturated heterocycles. The van der Waals surface area contributed by atoms with Crippen molar-refractivity contribution in [3.8, 4) is 0 Å². The molecule has 0 spiro atoms. The Morgan fingerprint density at radius 2 is 0.895 bits per heavy atom. The van der Waals surface area contributed by atoms with Crippen LogP contribution in [0.5, 0.6) is 0 Å². The first-order valence-electron chi connectivity index (χ1n) is 30.4. The van der Waals surface area contributed by atoms with Crippen LogP contribution in [0.15, 0.2) is 122 Å². The predicted octanol–water partition coefficient (Wildman–Crippen LogP) is 18.1. The van der Waals surface area contributed by atoms with Gasteiger partial charge in [0.2, 0.25) is 5.91 Å². The van der Waals surface area contributed by atoms with E-state index in [0.29, 0.717) is 23.9 Å². The van der Waals surface area contributed by atoms with Crippen molar-refractivity contribution in [1.82, 2.24) is 5.32 Å². The lowest BCUT2D eigenvalue weighted by Crippen LogP contribution is -2.47. The third-order valence-electron chi connectivity index (χ3n) is 12.8. The van der Waals surface area contributed by atoms with E-state index in [1.807, 2.05) is 94.1 Å². The quantitative estimate of drug-likeness (QED) is 0.0161. The van der Waals surface area contributed by atoms with Gasteiger partial charge in [-0.2, -0.15) is 0 Å². The molecule has 0 bridgehead atoms. The van der Waals surface area contributed by atoms with Crippen LogP contribution in [0, 0.1) is 0 Å². The predicted molar refractivity (Wildman–Crippen MR) is 325 cm³/mol. The number of phosphoric acid groups is 1. The van der Waals surface area contributed by atoms with Crippen LogP contribution in [-0.4, -0.2) is 69.4 Å². The highest BCUT2D eigenvalue weighted by Crippen LogP contribution is 2.38. The zero-order chi connectivity index (χ0) is 55.7. The number of nitrogens with one attached hydrogen (secondary N) is 1. The lowest BCUT2D eigenvalue weighted by Gasteiger charge is -2.30. The molecule has 0 rings (SSSR count). The van der Waals surface area contributed by atoms with Gasteiger partial charge >= 0.3 is 5.97 Å². The third kappa shape index (κ3) is 55.2. The molecule has 0 aromatic carbocycles. The standard InChI is InChI=1S/C66H113N2O7P/c1-7-10-13-16-19-22-25-28-30-32-33-34-35-37-39-41-44-47-50-53-56-59-66(70)75-64(57-54-51-48-45-42-27-24-21-18-15-12-9-3)63(62-74-76(71,72)73-61-60-68(4,5)6)67-65(69)58-55-52-49-46-43-40-38-36-31-29-26-23-20-17-14-11-8-2/h11,14,17,19-20,22-23,26,28-31,33-34,36,38,40,43,54,57,63-64H,7-10,12-13,15-16,18,21,24-25,27,32,35,37,39,41-42,44-53,55-56,58-62H2,1-6H3,(H-,67,69,71,72)/b14-11-,20-17+,22-19-,26-23+,30-28-,31-29-,34-33-,38-36+,43-40+,57-54+. The zero-order valence-corrected chi connectivity index (χ0v) is 50.3. The fourth-order valence-corrected chi connectivity index (χ4v) is 8.81. The molecule has 1 N–H and O–H groups in total. The van der Waals surface area contributed by atoms with Gasteiger partial charge in [0.15, 0.2) is 0 Å². The molecule has 0 aliphatic heterocycles. The van der Waals surface area contributed by atoms with Crippen LogP contribution < -0.4 is 10.2 Å². The van der Waals surface area contributed by atoms with E-state index in [2.05, 4.69) is 74.7 Å². The summed E-state index contributed by atoms with van der Waals surface area (Å²) in [6.45, 7) is 6.61. The molecule has 0 aliphatic rings. The molecular weight excluding hydrogens is 964 g/mol. The minimum absolute atomic E-state index is 0.0396. The molecule has 434 valence electrons. The van der Waals surface area contributed by atoms with E-state index in [9.17, 15) is 19.0 Å². The molecule has 0 saturated carbocycles. The number of ether oxygens (including phenoxy) is 1. The number of nitrogens with zero attached hydrogens (tertiary/aromatic N) is 1. The van der Waals surface area contributed by atoms with E-state index in [1.54, 1.807) is 0 Å². The van der Waals surface area contributed by atoms with Crippen molar-refractivity contribution in [2.45, 2.75) is 245 Å². The molecule has 0 heterocycles. The summed E-state index contributed by atoms with van der Waals surface area (Å²) < 4.78 is 30.3. The highest BCUT2D eigenvalue weighted by atomic mass is 31.2. The Morgan fingerprint density at radius 3 is 1.42 bits per heavy atom. The van der Waals surface area contributed by atoms with Crippen LogP contribution in [-0.2, 0) is 27.9 Å². The van der Waals surface area contributed by atoms with Crippen molar-refractivity contribution in [3.05, 3.63) is 122 Å². The average molecular weight is 1080 g/mol. The number of carbonyl (C=O) groups is 2. The van der Waals surface area contributed by atoms with E-state index in [1.165, 1.54) is 103 Å². The second kappa shape index (κ2) is 54.8. The Balaban J connectivity index is 5.37. The highest BCUT2D eigenvalue weighted by molar-refractivity contribution is 7.45. The smallest absolute Gasteiger partial charge is 0.306 e. The van der Waals surface area contributed by atoms with Crippen molar-refractivity contribution in [2.75, 3.05) is 40.9 Å². The maximum Gasteiger partial charge on any atom is 0.306 e. The molecule has 0 radical (unpaired) electrons. The van der Waals surface area contributed by atoms with Crippen LogP contribution >= 0.6 is 7.82 Å². The van der Waals surface area contributed by atoms with E-state index in [0.717, 1.165) is 83.5 Å². The number of allylic oxidation sites excluding steroid dienone is 19. The van der Waals surface area contributed by atoms with Crippen LogP contribution in [0.1, 0.15) is 233 Å². The van der Waals surface area contributed by atoms with Gasteiger partial charge in [-0.25, -0.2) is 0 Å². The maximum atomic E-state index is 13.5. The molecule has 3 unspecified atom stereocenters. The van der Waals surface area contributed by atoms with Gasteiger partial charge in [0, 0.05) is 12.8 Å². The summed E-state index contributed by atoms with van der Waals surface area (Å²) in [6, 6.07) is -0.923. The van der Waals surface area contributed by atoms with Gasteiger partial charge in [0.05, 0.1) is 33.8 Å². The second-order valence-electron chi connectivity index (χ2n) is 21.3. The Bertz CT molecular complexity index is 1720. The minimum Gasteiger partial charge on any atom is -0.756 e. The maximum absolute atomic E-state index is 13.5. The monoisotopic (exact) mass is 1080 g/mol. The Kier molecular flexibility index (Phi) is 52.2. The summed E-state index contributed by atoms with van der Waals surface area (Å²) >= 11 is 0. The van der Waals surface area contributed by atoms with Crippen LogP contribution in [0.3, 0.4) is 0 Å². The number of unbranched alkanes of at least 4 members (excludes halogenated alkanes) is 24. The van der Waals surface area contributed by atoms with Crippen molar-refractivity contribution >= 4 is 19.7 Å². The number of rotatable bonds is 53. The van der Waals surface area contributed by atoms with E-state index in [-0.39, 0.29) is 31.3 Å². The molecule has 0 aromatic rings. The van der Waals surface area contributed by atoms with Gasteiger partial charge in [-0.1, -0.05) is 252 Å². The zero-order valence-electron chi connectivity index (χ0n) is 49.4. The second-order valence-corrected chi connectivity index (χ2v) is 22.7. The average Bonchev–Trinajstić information content (AvgIpc) is 3.38. The van der Waals surface area contributed by atoms with Gasteiger partial charge in [-0.15, -0.1) is 0 Å². The normalized spacial score (nSPS) is 14.6. The number of hydrogen-bond acceptors (Lipinski definition) is 7. The third-order valence-corrected chi connectivity index (χ3v) is 13.8. The molecule has 76 heavy (non-hydrogen) atoms. The number of esters is 1. The number of phosphoric ester groups is 1. The molecule has 0 aromatic heterocycles. The van der Waals surface area contributed by atoms with Crippen LogP contribution in [0.2, 0.25) is 0 Å². The van der Waals surface area contributed by atoms with E-state index < -0.39 is 26.6 Å². The van der Waals surface area contributed by atoms with E-state index >= 15 is 0 Å². The highest BCUT2D eigenvalue weighted by Gasteiger charge is 2.27. The Labute approximate surface area is 467 Å². The van der Waals surface area contributed by atoms with Gasteiger partial charge in [-0.3, -0.25) is 14.2 Å². The van der Waals surface area contributed by atoms with E-state index in [4.69, 9.17) is 13.8 Å². The molecular formula is C66H113N2O7P. The lowest BCUT2D eigenvalue weighted by atomic mass is 10.0. The number of carbonyl (C=O) groups excluding carboxylic acids is 2.